The van der Waals surface area contributed by atoms with Crippen LogP contribution in [0.4, 0.5) is 22.7 Å². The normalized spacial score (nSPS) is 10.8. The standard InChI is InChI=1S/C26H26N4O2S.C25H24N4O2S/c1-3-5-13-27-25(32)22-16-33-26(30-22)17-11-12-21-19(14-17)24(20(15-28-21)23(31)4-2)29-18-9-7-6-8-10-18;1-3-4-12-26-24(31)22-15-32-25(29-22)17-10-11-21-19(13-17)23(20(14-27-21)16(2)30)28-18-8-6-5-7-9-18/h6-12,14-16H,3-5,13H2,1-2H3,(H,27,32)(H,28,29);5-11,13-15H,3-4,12H2,1-2H3,(H,26,31)(H,27,28). The lowest BCUT2D eigenvalue weighted by molar-refractivity contribution is 0.0941. The largest absolute Gasteiger partial charge is 0.354 e. The summed E-state index contributed by atoms with van der Waals surface area (Å²) >= 11 is 2.84. The molecule has 0 saturated carbocycles. The number of benzene rings is 4. The van der Waals surface area contributed by atoms with E-state index in [1.54, 1.807) is 23.2 Å². The molecule has 12 nitrogen and oxygen atoms in total. The highest BCUT2D eigenvalue weighted by molar-refractivity contribution is 7.13. The molecule has 8 aromatic rings. The van der Waals surface area contributed by atoms with Crippen LogP contribution in [0.3, 0.4) is 0 Å². The number of rotatable bonds is 17. The van der Waals surface area contributed by atoms with Gasteiger partial charge in [-0.2, -0.15) is 0 Å². The van der Waals surface area contributed by atoms with Crippen LogP contribution in [0.1, 0.15) is 101 Å². The van der Waals surface area contributed by atoms with E-state index in [2.05, 4.69) is 55.1 Å². The molecule has 14 heteroatoms. The van der Waals surface area contributed by atoms with E-state index in [-0.39, 0.29) is 23.4 Å². The van der Waals surface area contributed by atoms with Crippen LogP contribution in [0.2, 0.25) is 0 Å². The lowest BCUT2D eigenvalue weighted by atomic mass is 10.0. The summed E-state index contributed by atoms with van der Waals surface area (Å²) in [7, 11) is 0. The van der Waals surface area contributed by atoms with Crippen LogP contribution in [-0.4, -0.2) is 56.4 Å². The second kappa shape index (κ2) is 22.0. The minimum absolute atomic E-state index is 0.0218. The Kier molecular flexibility index (Phi) is 15.5. The molecule has 330 valence electrons. The van der Waals surface area contributed by atoms with Gasteiger partial charge in [0.25, 0.3) is 11.8 Å². The van der Waals surface area contributed by atoms with E-state index in [1.165, 1.54) is 29.6 Å². The molecule has 4 aromatic heterocycles. The summed E-state index contributed by atoms with van der Waals surface area (Å²) in [4.78, 5) is 67.8. The van der Waals surface area contributed by atoms with E-state index in [9.17, 15) is 19.2 Å². The molecule has 0 radical (unpaired) electrons. The number of amides is 2. The van der Waals surface area contributed by atoms with Crippen LogP contribution in [0, 0.1) is 0 Å². The molecule has 4 heterocycles. The van der Waals surface area contributed by atoms with E-state index in [0.29, 0.717) is 47.7 Å². The minimum atomic E-state index is -0.159. The number of nitrogens with zero attached hydrogens (tertiary/aromatic N) is 4. The third-order valence-electron chi connectivity index (χ3n) is 10.4. The Labute approximate surface area is 386 Å². The zero-order valence-electron chi connectivity index (χ0n) is 36.7. The van der Waals surface area contributed by atoms with Gasteiger partial charge in [-0.15, -0.1) is 22.7 Å². The van der Waals surface area contributed by atoms with Crippen molar-refractivity contribution in [2.75, 3.05) is 23.7 Å². The number of unbranched alkanes of at least 4 members (excludes halogenated alkanes) is 2. The quantitative estimate of drug-likeness (QED) is 0.0510. The first-order valence-electron chi connectivity index (χ1n) is 21.7. The van der Waals surface area contributed by atoms with Crippen LogP contribution in [-0.2, 0) is 0 Å². The van der Waals surface area contributed by atoms with Gasteiger partial charge < -0.3 is 21.3 Å². The first kappa shape index (κ1) is 45.9. The van der Waals surface area contributed by atoms with Gasteiger partial charge in [0.15, 0.2) is 11.6 Å². The number of hydrogen-bond acceptors (Lipinski definition) is 12. The molecule has 0 spiro atoms. The van der Waals surface area contributed by atoms with Crippen molar-refractivity contribution in [1.82, 2.24) is 30.6 Å². The second-order valence-electron chi connectivity index (χ2n) is 15.2. The zero-order chi connectivity index (χ0) is 45.7. The fourth-order valence-electron chi connectivity index (χ4n) is 6.88. The first-order valence-corrected chi connectivity index (χ1v) is 23.4. The van der Waals surface area contributed by atoms with E-state index < -0.39 is 0 Å². The average Bonchev–Trinajstić information content (AvgIpc) is 4.04. The van der Waals surface area contributed by atoms with Gasteiger partial charge in [-0.05, 0) is 80.4 Å². The smallest absolute Gasteiger partial charge is 0.270 e. The van der Waals surface area contributed by atoms with Gasteiger partial charge in [0.05, 0.1) is 33.5 Å². The average molecular weight is 903 g/mol. The van der Waals surface area contributed by atoms with Crippen molar-refractivity contribution < 1.29 is 19.2 Å². The highest BCUT2D eigenvalue weighted by Gasteiger charge is 2.19. The van der Waals surface area contributed by atoms with Gasteiger partial charge in [-0.25, -0.2) is 9.97 Å². The molecule has 0 bridgehead atoms. The maximum Gasteiger partial charge on any atom is 0.270 e. The lowest BCUT2D eigenvalue weighted by Gasteiger charge is -2.14. The predicted molar refractivity (Wildman–Crippen MR) is 264 cm³/mol. The topological polar surface area (TPSA) is 168 Å². The fourth-order valence-corrected chi connectivity index (χ4v) is 8.47. The van der Waals surface area contributed by atoms with Gasteiger partial charge in [-0.1, -0.05) is 70.0 Å². The van der Waals surface area contributed by atoms with Crippen LogP contribution < -0.4 is 21.3 Å². The third-order valence-corrected chi connectivity index (χ3v) is 12.2. The monoisotopic (exact) mass is 902 g/mol. The fraction of sp³-hybridized carbons (Fsp3) is 0.216. The predicted octanol–water partition coefficient (Wildman–Crippen LogP) is 12.1. The van der Waals surface area contributed by atoms with Gasteiger partial charge in [0, 0.05) is 75.9 Å². The van der Waals surface area contributed by atoms with Gasteiger partial charge in [-0.3, -0.25) is 29.1 Å². The Morgan fingerprint density at radius 2 is 1.02 bits per heavy atom. The van der Waals surface area contributed by atoms with Crippen molar-refractivity contribution in [1.29, 1.82) is 0 Å². The highest BCUT2D eigenvalue weighted by Crippen LogP contribution is 2.36. The number of fused-ring (bicyclic) bond motifs is 2. The molecular weight excluding hydrogens is 853 g/mol. The molecule has 0 atom stereocenters. The number of anilines is 4. The highest BCUT2D eigenvalue weighted by atomic mass is 32.1. The van der Waals surface area contributed by atoms with E-state index in [0.717, 1.165) is 85.7 Å². The van der Waals surface area contributed by atoms with Crippen molar-refractivity contribution in [3.63, 3.8) is 0 Å². The van der Waals surface area contributed by atoms with Gasteiger partial charge in [0.2, 0.25) is 0 Å². The lowest BCUT2D eigenvalue weighted by Crippen LogP contribution is -2.24. The molecular formula is C51H50N8O4S2. The maximum atomic E-state index is 12.7. The number of nitrogens with one attached hydrogen (secondary N) is 4. The number of pyridine rings is 2. The number of thiazole rings is 2. The van der Waals surface area contributed by atoms with Crippen LogP contribution >= 0.6 is 22.7 Å². The van der Waals surface area contributed by atoms with Crippen molar-refractivity contribution >= 4 is 90.6 Å². The second-order valence-corrected chi connectivity index (χ2v) is 16.9. The molecule has 65 heavy (non-hydrogen) atoms. The summed E-state index contributed by atoms with van der Waals surface area (Å²) in [6.07, 6.45) is 7.57. The minimum Gasteiger partial charge on any atom is -0.354 e. The SMILES string of the molecule is CCCCNC(=O)c1csc(-c2ccc3ncc(C(=O)CC)c(Nc4ccccc4)c3c2)n1.CCCCNC(=O)c1csc(-c2ccc3ncc(C(C)=O)c(Nc4ccccc4)c3c2)n1. The van der Waals surface area contributed by atoms with E-state index in [1.807, 2.05) is 104 Å². The molecule has 0 aliphatic rings. The molecule has 4 aromatic carbocycles. The summed E-state index contributed by atoms with van der Waals surface area (Å²) in [5, 5.41) is 19.3. The summed E-state index contributed by atoms with van der Waals surface area (Å²) in [5.74, 6) is -0.360. The van der Waals surface area contributed by atoms with Gasteiger partial charge >= 0.3 is 0 Å². The zero-order valence-corrected chi connectivity index (χ0v) is 38.4. The molecule has 0 unspecified atom stereocenters. The molecule has 0 saturated heterocycles. The third kappa shape index (κ3) is 11.3. The van der Waals surface area contributed by atoms with Crippen molar-refractivity contribution in [2.45, 2.75) is 59.8 Å². The Hall–Kier alpha value is -7.16. The van der Waals surface area contributed by atoms with E-state index in [4.69, 9.17) is 0 Å². The van der Waals surface area contributed by atoms with Crippen molar-refractivity contribution in [3.05, 3.63) is 143 Å². The molecule has 8 rings (SSSR count). The Balaban J connectivity index is 0.000000194. The Morgan fingerprint density at radius 3 is 1.45 bits per heavy atom. The number of para-hydroxylation sites is 2. The molecule has 0 fully saturated rings. The number of ketones is 2. The first-order chi connectivity index (χ1) is 31.7. The number of carbonyl (C=O) groups is 4. The molecule has 0 aliphatic heterocycles. The number of carbonyl (C=O) groups excluding carboxylic acids is 4. The van der Waals surface area contributed by atoms with Crippen molar-refractivity contribution in [2.24, 2.45) is 0 Å². The molecule has 0 aliphatic carbocycles. The molecule has 4 N–H and O–H groups in total. The number of hydrogen-bond donors (Lipinski definition) is 4. The van der Waals surface area contributed by atoms with Gasteiger partial charge in [0.1, 0.15) is 21.4 Å². The van der Waals surface area contributed by atoms with Crippen LogP contribution in [0.5, 0.6) is 0 Å². The molecule has 2 amide bonds. The summed E-state index contributed by atoms with van der Waals surface area (Å²) < 4.78 is 0. The number of aromatic nitrogens is 4. The Morgan fingerprint density at radius 1 is 0.569 bits per heavy atom. The van der Waals surface area contributed by atoms with Crippen LogP contribution in [0.15, 0.2) is 120 Å². The maximum absolute atomic E-state index is 12.7. The summed E-state index contributed by atoms with van der Waals surface area (Å²) in [6.45, 7) is 8.84. The van der Waals surface area contributed by atoms with Crippen LogP contribution in [0.25, 0.3) is 42.9 Å². The van der Waals surface area contributed by atoms with E-state index >= 15 is 0 Å². The summed E-state index contributed by atoms with van der Waals surface area (Å²) in [6, 6.07) is 31.1. The van der Waals surface area contributed by atoms with Crippen molar-refractivity contribution in [3.8, 4) is 21.1 Å². The summed E-state index contributed by atoms with van der Waals surface area (Å²) in [5.41, 5.74) is 8.42. The Bertz CT molecular complexity index is 2950. The number of Topliss-reactive ketones (excluding diaryl/α,β-unsaturated/α-hetero) is 2.